The monoisotopic (exact) mass is 432 g/mol. The van der Waals surface area contributed by atoms with Crippen LogP contribution in [0.15, 0.2) is 42.6 Å². The Morgan fingerprint density at radius 2 is 1.83 bits per heavy atom. The van der Waals surface area contributed by atoms with Gasteiger partial charge in [-0.25, -0.2) is 0 Å². The van der Waals surface area contributed by atoms with Crippen LogP contribution in [0.2, 0.25) is 10.0 Å². The molecule has 1 amide bonds. The second-order valence-corrected chi connectivity index (χ2v) is 7.19. The highest BCUT2D eigenvalue weighted by Gasteiger charge is 2.17. The highest BCUT2D eigenvalue weighted by Crippen LogP contribution is 2.32. The molecule has 29 heavy (non-hydrogen) atoms. The van der Waals surface area contributed by atoms with E-state index < -0.39 is 0 Å². The normalized spacial score (nSPS) is 10.9. The van der Waals surface area contributed by atoms with Crippen molar-refractivity contribution in [3.05, 3.63) is 63.8 Å². The van der Waals surface area contributed by atoms with Crippen LogP contribution >= 0.6 is 23.2 Å². The lowest BCUT2D eigenvalue weighted by Crippen LogP contribution is -2.19. The molecular formula is C21H22Cl2N4O2. The van der Waals surface area contributed by atoms with Crippen LogP contribution in [-0.4, -0.2) is 38.1 Å². The Morgan fingerprint density at radius 3 is 2.52 bits per heavy atom. The number of anilines is 2. The fourth-order valence-corrected chi connectivity index (χ4v) is 3.62. The minimum Gasteiger partial charge on any atom is -0.383 e. The first-order valence-corrected chi connectivity index (χ1v) is 9.85. The lowest BCUT2D eigenvalue weighted by atomic mass is 10.1. The van der Waals surface area contributed by atoms with Crippen LogP contribution in [0.5, 0.6) is 0 Å². The number of nitrogens with one attached hydrogen (secondary N) is 3. The number of para-hydroxylation sites is 1. The molecule has 0 saturated heterocycles. The summed E-state index contributed by atoms with van der Waals surface area (Å²) in [5, 5.41) is 10.9. The lowest BCUT2D eigenvalue weighted by molar-refractivity contribution is 0.102. The van der Waals surface area contributed by atoms with Crippen molar-refractivity contribution in [3.8, 4) is 0 Å². The van der Waals surface area contributed by atoms with E-state index in [1.54, 1.807) is 37.6 Å². The van der Waals surface area contributed by atoms with Crippen LogP contribution < -0.4 is 16.0 Å². The standard InChI is InChI=1S/C21H22Cl2N4O2/c1-24-9-10-25-19-13(12-29-2)11-26-20-14(19)5-3-8-17(20)27-21(28)18-15(22)6-4-7-16(18)23/h3-8,11,24H,9-10,12H2,1-2H3,(H,25,26)(H,27,28). The summed E-state index contributed by atoms with van der Waals surface area (Å²) in [7, 11) is 3.54. The van der Waals surface area contributed by atoms with Crippen LogP contribution in [0.3, 0.4) is 0 Å². The van der Waals surface area contributed by atoms with E-state index in [1.807, 2.05) is 19.2 Å². The van der Waals surface area contributed by atoms with Crippen LogP contribution in [-0.2, 0) is 11.3 Å². The predicted molar refractivity (Wildman–Crippen MR) is 119 cm³/mol. The molecule has 0 unspecified atom stereocenters. The van der Waals surface area contributed by atoms with Gasteiger partial charge in [0.15, 0.2) is 0 Å². The number of hydrogen-bond donors (Lipinski definition) is 3. The number of aromatic nitrogens is 1. The Morgan fingerprint density at radius 1 is 1.10 bits per heavy atom. The SMILES string of the molecule is CNCCNc1c(COC)cnc2c(NC(=O)c3c(Cl)cccc3Cl)cccc12. The summed E-state index contributed by atoms with van der Waals surface area (Å²) in [6.07, 6.45) is 1.76. The first kappa shape index (κ1) is 21.3. The van der Waals surface area contributed by atoms with Gasteiger partial charge in [0.25, 0.3) is 5.91 Å². The first-order chi connectivity index (χ1) is 14.1. The van der Waals surface area contributed by atoms with Crippen molar-refractivity contribution in [2.75, 3.05) is 37.9 Å². The van der Waals surface area contributed by atoms with Crippen LogP contribution in [0.25, 0.3) is 10.9 Å². The number of nitrogens with zero attached hydrogens (tertiary/aromatic N) is 1. The van der Waals surface area contributed by atoms with E-state index >= 15 is 0 Å². The highest BCUT2D eigenvalue weighted by atomic mass is 35.5. The van der Waals surface area contributed by atoms with Crippen molar-refractivity contribution in [1.29, 1.82) is 0 Å². The van der Waals surface area contributed by atoms with Gasteiger partial charge in [0.05, 0.1) is 39.1 Å². The number of methoxy groups -OCH3 is 1. The van der Waals surface area contributed by atoms with Gasteiger partial charge in [0.1, 0.15) is 0 Å². The smallest absolute Gasteiger partial charge is 0.258 e. The molecule has 0 aliphatic rings. The van der Waals surface area contributed by atoms with Gasteiger partial charge < -0.3 is 20.7 Å². The Kier molecular flexibility index (Phi) is 7.28. The summed E-state index contributed by atoms with van der Waals surface area (Å²) in [5.74, 6) is -0.388. The van der Waals surface area contributed by atoms with Crippen molar-refractivity contribution >= 4 is 51.4 Å². The fraction of sp³-hybridized carbons (Fsp3) is 0.238. The number of amides is 1. The van der Waals surface area contributed by atoms with E-state index in [9.17, 15) is 4.79 Å². The van der Waals surface area contributed by atoms with E-state index in [0.717, 1.165) is 29.7 Å². The minimum atomic E-state index is -0.388. The zero-order chi connectivity index (χ0) is 20.8. The number of carbonyl (C=O) groups excluding carboxylic acids is 1. The predicted octanol–water partition coefficient (Wildman–Crippen LogP) is 4.57. The minimum absolute atomic E-state index is 0.233. The van der Waals surface area contributed by atoms with Gasteiger partial charge in [0.2, 0.25) is 0 Å². The van der Waals surface area contributed by atoms with Gasteiger partial charge >= 0.3 is 0 Å². The van der Waals surface area contributed by atoms with E-state index in [2.05, 4.69) is 20.9 Å². The maximum Gasteiger partial charge on any atom is 0.258 e. The van der Waals surface area contributed by atoms with E-state index in [0.29, 0.717) is 27.9 Å². The third-order valence-electron chi connectivity index (χ3n) is 4.39. The number of benzene rings is 2. The second-order valence-electron chi connectivity index (χ2n) is 6.37. The molecule has 0 spiro atoms. The summed E-state index contributed by atoms with van der Waals surface area (Å²) < 4.78 is 5.31. The topological polar surface area (TPSA) is 75.3 Å². The molecule has 8 heteroatoms. The van der Waals surface area contributed by atoms with Crippen molar-refractivity contribution < 1.29 is 9.53 Å². The molecule has 2 aromatic carbocycles. The molecule has 0 atom stereocenters. The van der Waals surface area contributed by atoms with E-state index in [-0.39, 0.29) is 11.5 Å². The third-order valence-corrected chi connectivity index (χ3v) is 5.02. The van der Waals surface area contributed by atoms with Gasteiger partial charge in [-0.05, 0) is 25.2 Å². The van der Waals surface area contributed by atoms with Gasteiger partial charge in [0, 0.05) is 37.3 Å². The van der Waals surface area contributed by atoms with Crippen LogP contribution in [0, 0.1) is 0 Å². The van der Waals surface area contributed by atoms with Crippen LogP contribution in [0.1, 0.15) is 15.9 Å². The van der Waals surface area contributed by atoms with Crippen molar-refractivity contribution in [1.82, 2.24) is 10.3 Å². The number of carbonyl (C=O) groups is 1. The third kappa shape index (κ3) is 4.79. The molecule has 0 radical (unpaired) electrons. The van der Waals surface area contributed by atoms with Gasteiger partial charge in [-0.1, -0.05) is 41.4 Å². The summed E-state index contributed by atoms with van der Waals surface area (Å²) >= 11 is 12.3. The van der Waals surface area contributed by atoms with Crippen LogP contribution in [0.4, 0.5) is 11.4 Å². The number of fused-ring (bicyclic) bond motifs is 1. The van der Waals surface area contributed by atoms with Crippen molar-refractivity contribution in [2.24, 2.45) is 0 Å². The van der Waals surface area contributed by atoms with E-state index in [1.165, 1.54) is 0 Å². The number of rotatable bonds is 8. The Balaban J connectivity index is 2.01. The zero-order valence-electron chi connectivity index (χ0n) is 16.2. The maximum atomic E-state index is 12.8. The fourth-order valence-electron chi connectivity index (χ4n) is 3.05. The number of ether oxygens (including phenoxy) is 1. The molecule has 0 aliphatic heterocycles. The van der Waals surface area contributed by atoms with Crippen molar-refractivity contribution in [2.45, 2.75) is 6.61 Å². The first-order valence-electron chi connectivity index (χ1n) is 9.10. The molecule has 0 fully saturated rings. The Bertz CT molecular complexity index is 1010. The molecular weight excluding hydrogens is 411 g/mol. The zero-order valence-corrected chi connectivity index (χ0v) is 17.7. The summed E-state index contributed by atoms with van der Waals surface area (Å²) in [5.41, 5.74) is 3.34. The average Bonchev–Trinajstić information content (AvgIpc) is 2.69. The molecule has 3 aromatic rings. The maximum absolute atomic E-state index is 12.8. The number of pyridine rings is 1. The molecule has 0 bridgehead atoms. The molecule has 1 aromatic heterocycles. The van der Waals surface area contributed by atoms with Crippen molar-refractivity contribution in [3.63, 3.8) is 0 Å². The van der Waals surface area contributed by atoms with Gasteiger partial charge in [-0.15, -0.1) is 0 Å². The Hall–Kier alpha value is -2.38. The largest absolute Gasteiger partial charge is 0.383 e. The molecule has 0 aliphatic carbocycles. The number of hydrogen-bond acceptors (Lipinski definition) is 5. The molecule has 0 saturated carbocycles. The second kappa shape index (κ2) is 9.89. The molecule has 3 rings (SSSR count). The van der Waals surface area contributed by atoms with E-state index in [4.69, 9.17) is 27.9 Å². The molecule has 6 nitrogen and oxygen atoms in total. The molecule has 152 valence electrons. The number of halogens is 2. The summed E-state index contributed by atoms with van der Waals surface area (Å²) in [6.45, 7) is 1.96. The molecule has 3 N–H and O–H groups in total. The average molecular weight is 433 g/mol. The highest BCUT2D eigenvalue weighted by molar-refractivity contribution is 6.40. The quantitative estimate of drug-likeness (QED) is 0.454. The lowest BCUT2D eigenvalue weighted by Gasteiger charge is -2.16. The summed E-state index contributed by atoms with van der Waals surface area (Å²) in [4.78, 5) is 17.4. The van der Waals surface area contributed by atoms with Gasteiger partial charge in [-0.2, -0.15) is 0 Å². The molecule has 1 heterocycles. The number of likely N-dealkylation sites (N-methyl/N-ethyl adjacent to an activating group) is 1. The van der Waals surface area contributed by atoms with Gasteiger partial charge in [-0.3, -0.25) is 9.78 Å². The Labute approximate surface area is 179 Å². The summed E-state index contributed by atoms with van der Waals surface area (Å²) in [6, 6.07) is 10.6.